The van der Waals surface area contributed by atoms with E-state index in [0.29, 0.717) is 5.92 Å². The quantitative estimate of drug-likeness (QED) is 0.722. The van der Waals surface area contributed by atoms with E-state index in [-0.39, 0.29) is 6.10 Å². The second-order valence-corrected chi connectivity index (χ2v) is 4.15. The van der Waals surface area contributed by atoms with Gasteiger partial charge in [-0.15, -0.1) is 0 Å². The van der Waals surface area contributed by atoms with Crippen molar-refractivity contribution in [3.8, 4) is 0 Å². The smallest absolute Gasteiger partial charge is 0.0566 e. The van der Waals surface area contributed by atoms with Crippen LogP contribution in [0.25, 0.3) is 0 Å². The highest BCUT2D eigenvalue weighted by molar-refractivity contribution is 7.99. The van der Waals surface area contributed by atoms with Crippen LogP contribution in [0.1, 0.15) is 40.0 Å². The van der Waals surface area contributed by atoms with Crippen LogP contribution in [0.2, 0.25) is 0 Å². The highest BCUT2D eigenvalue weighted by atomic mass is 32.2. The van der Waals surface area contributed by atoms with Crippen LogP contribution in [0.3, 0.4) is 0 Å². The zero-order valence-electron chi connectivity index (χ0n) is 8.55. The molecule has 2 heteroatoms. The largest absolute Gasteiger partial charge is 0.393 e. The maximum Gasteiger partial charge on any atom is 0.0566 e. The molecule has 1 saturated heterocycles. The molecule has 0 spiro atoms. The highest BCUT2D eigenvalue weighted by Gasteiger charge is 2.19. The molecule has 0 saturated carbocycles. The molecule has 1 nitrogen and oxygen atoms in total. The Balaban J connectivity index is 0.000000561. The van der Waals surface area contributed by atoms with Gasteiger partial charge in [-0.3, -0.25) is 0 Å². The van der Waals surface area contributed by atoms with E-state index in [1.54, 1.807) is 0 Å². The summed E-state index contributed by atoms with van der Waals surface area (Å²) in [6, 6.07) is 0. The third kappa shape index (κ3) is 4.36. The predicted octanol–water partition coefficient (Wildman–Crippen LogP) is 2.93. The van der Waals surface area contributed by atoms with Crippen molar-refractivity contribution in [1.29, 1.82) is 0 Å². The minimum atomic E-state index is -0.0269. The van der Waals surface area contributed by atoms with Crippen molar-refractivity contribution in [2.24, 2.45) is 5.92 Å². The van der Waals surface area contributed by atoms with Crippen LogP contribution in [-0.2, 0) is 0 Å². The topological polar surface area (TPSA) is 20.2 Å². The van der Waals surface area contributed by atoms with Gasteiger partial charge >= 0.3 is 0 Å². The van der Waals surface area contributed by atoms with Gasteiger partial charge in [-0.25, -0.2) is 0 Å². The first-order valence-electron chi connectivity index (χ1n) is 5.10. The lowest BCUT2D eigenvalue weighted by atomic mass is 9.94. The Labute approximate surface area is 80.9 Å². The van der Waals surface area contributed by atoms with Crippen LogP contribution < -0.4 is 0 Å². The number of aliphatic hydroxyl groups excluding tert-OH is 1. The van der Waals surface area contributed by atoms with E-state index in [1.165, 1.54) is 24.3 Å². The Bertz CT molecular complexity index is 89.8. The number of aliphatic hydroxyl groups is 1. The van der Waals surface area contributed by atoms with Gasteiger partial charge in [-0.2, -0.15) is 11.8 Å². The predicted molar refractivity (Wildman–Crippen MR) is 57.7 cm³/mol. The lowest BCUT2D eigenvalue weighted by Crippen LogP contribution is -2.23. The fraction of sp³-hybridized carbons (Fsp3) is 1.00. The molecule has 12 heavy (non-hydrogen) atoms. The maximum atomic E-state index is 9.47. The van der Waals surface area contributed by atoms with E-state index in [2.05, 4.69) is 6.92 Å². The van der Waals surface area contributed by atoms with Crippen LogP contribution in [0.5, 0.6) is 0 Å². The molecule has 1 unspecified atom stereocenters. The fourth-order valence-electron chi connectivity index (χ4n) is 1.43. The molecule has 0 amide bonds. The third-order valence-electron chi connectivity index (χ3n) is 2.23. The minimum Gasteiger partial charge on any atom is -0.393 e. The Morgan fingerprint density at radius 1 is 1.33 bits per heavy atom. The van der Waals surface area contributed by atoms with Gasteiger partial charge in [0, 0.05) is 0 Å². The van der Waals surface area contributed by atoms with E-state index < -0.39 is 0 Å². The van der Waals surface area contributed by atoms with Crippen molar-refractivity contribution in [3.63, 3.8) is 0 Å². The van der Waals surface area contributed by atoms with Crippen LogP contribution >= 0.6 is 11.8 Å². The monoisotopic (exact) mass is 190 g/mol. The first-order chi connectivity index (χ1) is 5.84. The second-order valence-electron chi connectivity index (χ2n) is 2.93. The van der Waals surface area contributed by atoms with Crippen molar-refractivity contribution in [1.82, 2.24) is 0 Å². The lowest BCUT2D eigenvalue weighted by Gasteiger charge is -2.25. The molecule has 0 aromatic rings. The summed E-state index contributed by atoms with van der Waals surface area (Å²) in [5.41, 5.74) is 0. The summed E-state index contributed by atoms with van der Waals surface area (Å²) in [4.78, 5) is 0. The molecular formula is C10H22OS. The summed E-state index contributed by atoms with van der Waals surface area (Å²) >= 11 is 2.02. The van der Waals surface area contributed by atoms with Crippen molar-refractivity contribution >= 4 is 11.8 Å². The van der Waals surface area contributed by atoms with E-state index in [4.69, 9.17) is 0 Å². The molecule has 0 radical (unpaired) electrons. The first-order valence-corrected chi connectivity index (χ1v) is 6.26. The van der Waals surface area contributed by atoms with Crippen LogP contribution in [0.15, 0.2) is 0 Å². The van der Waals surface area contributed by atoms with E-state index >= 15 is 0 Å². The molecule has 74 valence electrons. The zero-order valence-corrected chi connectivity index (χ0v) is 9.36. The summed E-state index contributed by atoms with van der Waals surface area (Å²) in [5.74, 6) is 3.11. The van der Waals surface area contributed by atoms with Crippen molar-refractivity contribution in [2.45, 2.75) is 46.1 Å². The van der Waals surface area contributed by atoms with Gasteiger partial charge in [0.15, 0.2) is 0 Å². The van der Waals surface area contributed by atoms with Crippen molar-refractivity contribution in [3.05, 3.63) is 0 Å². The van der Waals surface area contributed by atoms with Gasteiger partial charge in [0.25, 0.3) is 0 Å². The Hall–Kier alpha value is 0.310. The second kappa shape index (κ2) is 7.93. The zero-order chi connectivity index (χ0) is 9.40. The van der Waals surface area contributed by atoms with Gasteiger partial charge in [-0.1, -0.05) is 20.8 Å². The first kappa shape index (κ1) is 12.3. The van der Waals surface area contributed by atoms with E-state index in [0.717, 1.165) is 6.42 Å². The Kier molecular flexibility index (Phi) is 8.14. The molecule has 0 aliphatic carbocycles. The standard InChI is InChI=1S/C8H16OS.C2H6/c1-2-8(9)7-3-5-10-6-4-7;1-2/h7-9H,2-6H2,1H3;1-2H3. The summed E-state index contributed by atoms with van der Waals surface area (Å²) in [6.07, 6.45) is 3.34. The molecular weight excluding hydrogens is 168 g/mol. The minimum absolute atomic E-state index is 0.0269. The lowest BCUT2D eigenvalue weighted by molar-refractivity contribution is 0.0988. The molecule has 1 fully saturated rings. The summed E-state index contributed by atoms with van der Waals surface area (Å²) < 4.78 is 0. The average molecular weight is 190 g/mol. The van der Waals surface area contributed by atoms with Crippen LogP contribution in [-0.4, -0.2) is 22.7 Å². The number of rotatable bonds is 2. The van der Waals surface area contributed by atoms with Gasteiger partial charge in [0.05, 0.1) is 6.10 Å². The molecule has 0 bridgehead atoms. The van der Waals surface area contributed by atoms with Gasteiger partial charge in [0.2, 0.25) is 0 Å². The molecule has 0 aromatic carbocycles. The van der Waals surface area contributed by atoms with Crippen molar-refractivity contribution in [2.75, 3.05) is 11.5 Å². The molecule has 1 atom stereocenters. The molecule has 0 aromatic heterocycles. The maximum absolute atomic E-state index is 9.47. The molecule has 1 rings (SSSR count). The molecule has 1 N–H and O–H groups in total. The van der Waals surface area contributed by atoms with Crippen molar-refractivity contribution < 1.29 is 5.11 Å². The summed E-state index contributed by atoms with van der Waals surface area (Å²) in [5, 5.41) is 9.47. The number of thioether (sulfide) groups is 1. The number of hydrogen-bond acceptors (Lipinski definition) is 2. The SMILES string of the molecule is CC.CCC(O)C1CCSCC1. The Morgan fingerprint density at radius 2 is 1.83 bits per heavy atom. The van der Waals surface area contributed by atoms with Gasteiger partial charge in [-0.05, 0) is 36.7 Å². The summed E-state index contributed by atoms with van der Waals surface area (Å²) in [7, 11) is 0. The normalized spacial score (nSPS) is 21.0. The molecule has 1 aliphatic heterocycles. The third-order valence-corrected chi connectivity index (χ3v) is 3.28. The van der Waals surface area contributed by atoms with E-state index in [9.17, 15) is 5.11 Å². The van der Waals surface area contributed by atoms with Crippen LogP contribution in [0, 0.1) is 5.92 Å². The average Bonchev–Trinajstić information content (AvgIpc) is 2.21. The van der Waals surface area contributed by atoms with E-state index in [1.807, 2.05) is 25.6 Å². The van der Waals surface area contributed by atoms with Gasteiger partial charge < -0.3 is 5.11 Å². The highest BCUT2D eigenvalue weighted by Crippen LogP contribution is 2.26. The molecule has 1 aliphatic rings. The Morgan fingerprint density at radius 3 is 2.25 bits per heavy atom. The summed E-state index contributed by atoms with van der Waals surface area (Å²) in [6.45, 7) is 6.06. The van der Waals surface area contributed by atoms with Gasteiger partial charge in [0.1, 0.15) is 0 Å². The molecule has 1 heterocycles. The number of hydrogen-bond donors (Lipinski definition) is 1. The van der Waals surface area contributed by atoms with Crippen LogP contribution in [0.4, 0.5) is 0 Å². The fourth-order valence-corrected chi connectivity index (χ4v) is 2.58.